The molecule has 0 aliphatic carbocycles. The highest BCUT2D eigenvalue weighted by molar-refractivity contribution is 5.74. The van der Waals surface area contributed by atoms with Crippen molar-refractivity contribution in [2.75, 3.05) is 14.2 Å². The van der Waals surface area contributed by atoms with Gasteiger partial charge >= 0.3 is 0 Å². The number of nitrogens with zero attached hydrogens (tertiary/aromatic N) is 1. The summed E-state index contributed by atoms with van der Waals surface area (Å²) >= 11 is 0. The van der Waals surface area contributed by atoms with Gasteiger partial charge in [0.25, 0.3) is 0 Å². The number of rotatable bonds is 7. The quantitative estimate of drug-likeness (QED) is 0.737. The minimum atomic E-state index is -0.333. The van der Waals surface area contributed by atoms with E-state index in [0.29, 0.717) is 18.0 Å². The van der Waals surface area contributed by atoms with Gasteiger partial charge in [0.1, 0.15) is 0 Å². The molecule has 18 heavy (non-hydrogen) atoms. The Morgan fingerprint density at radius 1 is 1.50 bits per heavy atom. The van der Waals surface area contributed by atoms with Gasteiger partial charge in [0.05, 0.1) is 19.9 Å². The van der Waals surface area contributed by atoms with Crippen LogP contribution in [-0.4, -0.2) is 31.2 Å². The van der Waals surface area contributed by atoms with E-state index in [-0.39, 0.29) is 18.4 Å². The van der Waals surface area contributed by atoms with Crippen molar-refractivity contribution in [2.45, 2.75) is 25.9 Å². The lowest BCUT2D eigenvalue weighted by molar-refractivity contribution is -0.118. The fourth-order valence-electron chi connectivity index (χ4n) is 1.62. The van der Waals surface area contributed by atoms with Gasteiger partial charge in [0.2, 0.25) is 5.91 Å². The van der Waals surface area contributed by atoms with E-state index >= 15 is 0 Å². The van der Waals surface area contributed by atoms with E-state index in [1.807, 2.05) is 6.92 Å². The van der Waals surface area contributed by atoms with Crippen LogP contribution in [0.1, 0.15) is 19.0 Å². The van der Waals surface area contributed by atoms with Crippen LogP contribution in [0, 0.1) is 0 Å². The molecule has 0 spiro atoms. The van der Waals surface area contributed by atoms with Crippen LogP contribution in [0.4, 0.5) is 0 Å². The first-order valence-corrected chi connectivity index (χ1v) is 5.66. The van der Waals surface area contributed by atoms with Crippen LogP contribution in [-0.2, 0) is 11.3 Å². The predicted molar refractivity (Wildman–Crippen MR) is 67.5 cm³/mol. The molecule has 3 N–H and O–H groups in total. The van der Waals surface area contributed by atoms with Crippen molar-refractivity contribution in [1.29, 1.82) is 0 Å². The van der Waals surface area contributed by atoms with Gasteiger partial charge in [-0.05, 0) is 6.92 Å². The lowest BCUT2D eigenvalue weighted by Gasteiger charge is -2.15. The summed E-state index contributed by atoms with van der Waals surface area (Å²) in [7, 11) is 3.14. The first-order chi connectivity index (χ1) is 8.58. The summed E-state index contributed by atoms with van der Waals surface area (Å²) in [6, 6.07) is 1.72. The summed E-state index contributed by atoms with van der Waals surface area (Å²) in [4.78, 5) is 15.0. The van der Waals surface area contributed by atoms with Crippen molar-refractivity contribution < 1.29 is 14.3 Å². The van der Waals surface area contributed by atoms with Gasteiger partial charge in [-0.3, -0.25) is 9.78 Å². The van der Waals surface area contributed by atoms with Gasteiger partial charge in [-0.2, -0.15) is 0 Å². The number of carbonyl (C=O) groups is 1. The Morgan fingerprint density at radius 2 is 2.22 bits per heavy atom. The minimum absolute atomic E-state index is 0.0137. The monoisotopic (exact) mass is 253 g/mol. The molecule has 0 saturated heterocycles. The van der Waals surface area contributed by atoms with E-state index < -0.39 is 0 Å². The third kappa shape index (κ3) is 3.89. The van der Waals surface area contributed by atoms with Crippen molar-refractivity contribution in [3.05, 3.63) is 18.0 Å². The molecule has 1 atom stereocenters. The molecule has 6 nitrogen and oxygen atoms in total. The largest absolute Gasteiger partial charge is 0.493 e. The SMILES string of the molecule is COc1ccnc(CNC(C)CC(N)=O)c1OC. The number of hydrogen-bond donors (Lipinski definition) is 2. The molecule has 6 heteroatoms. The molecule has 1 heterocycles. The topological polar surface area (TPSA) is 86.5 Å². The molecule has 100 valence electrons. The Hall–Kier alpha value is -1.82. The molecule has 1 rings (SSSR count). The Balaban J connectivity index is 2.69. The average Bonchev–Trinajstić information content (AvgIpc) is 2.34. The zero-order valence-electron chi connectivity index (χ0n) is 10.9. The highest BCUT2D eigenvalue weighted by Crippen LogP contribution is 2.28. The Labute approximate surface area is 106 Å². The standard InChI is InChI=1S/C12H19N3O3/c1-8(6-11(13)16)15-7-9-12(18-3)10(17-2)4-5-14-9/h4-5,8,15H,6-7H2,1-3H3,(H2,13,16). The zero-order chi connectivity index (χ0) is 13.5. The van der Waals surface area contributed by atoms with Crippen LogP contribution in [0.15, 0.2) is 12.3 Å². The summed E-state index contributed by atoms with van der Waals surface area (Å²) < 4.78 is 10.4. The predicted octanol–water partition coefficient (Wildman–Crippen LogP) is 0.452. The fourth-order valence-corrected chi connectivity index (χ4v) is 1.62. The van der Waals surface area contributed by atoms with Gasteiger partial charge < -0.3 is 20.5 Å². The molecule has 0 aliphatic rings. The van der Waals surface area contributed by atoms with Gasteiger partial charge in [0, 0.05) is 31.3 Å². The van der Waals surface area contributed by atoms with Crippen molar-refractivity contribution in [3.8, 4) is 11.5 Å². The molecule has 0 fully saturated rings. The van der Waals surface area contributed by atoms with Crippen LogP contribution < -0.4 is 20.5 Å². The van der Waals surface area contributed by atoms with Crippen LogP contribution in [0.3, 0.4) is 0 Å². The maximum atomic E-state index is 10.8. The third-order valence-electron chi connectivity index (χ3n) is 2.49. The molecule has 0 bridgehead atoms. The molecule has 0 saturated carbocycles. The number of primary amides is 1. The normalized spacial score (nSPS) is 11.9. The lowest BCUT2D eigenvalue weighted by atomic mass is 10.2. The van der Waals surface area contributed by atoms with Crippen molar-refractivity contribution in [1.82, 2.24) is 10.3 Å². The molecule has 0 radical (unpaired) electrons. The first kappa shape index (κ1) is 14.2. The van der Waals surface area contributed by atoms with Crippen LogP contribution in [0.5, 0.6) is 11.5 Å². The molecule has 1 aromatic heterocycles. The summed E-state index contributed by atoms with van der Waals surface area (Å²) in [5.41, 5.74) is 5.85. The molecular formula is C12H19N3O3. The number of hydrogen-bond acceptors (Lipinski definition) is 5. The smallest absolute Gasteiger partial charge is 0.218 e. The van der Waals surface area contributed by atoms with Crippen LogP contribution in [0.25, 0.3) is 0 Å². The second-order valence-corrected chi connectivity index (χ2v) is 3.95. The molecule has 1 amide bonds. The zero-order valence-corrected chi connectivity index (χ0v) is 10.9. The maximum absolute atomic E-state index is 10.8. The number of amides is 1. The number of nitrogens with two attached hydrogens (primary N) is 1. The van der Waals surface area contributed by atoms with Crippen molar-refractivity contribution in [3.63, 3.8) is 0 Å². The fraction of sp³-hybridized carbons (Fsp3) is 0.500. The van der Waals surface area contributed by atoms with E-state index in [9.17, 15) is 4.79 Å². The lowest BCUT2D eigenvalue weighted by Crippen LogP contribution is -2.30. The second-order valence-electron chi connectivity index (χ2n) is 3.95. The molecular weight excluding hydrogens is 234 g/mol. The second kappa shape index (κ2) is 6.80. The molecule has 1 aromatic rings. The third-order valence-corrected chi connectivity index (χ3v) is 2.49. The van der Waals surface area contributed by atoms with Crippen LogP contribution >= 0.6 is 0 Å². The molecule has 0 aliphatic heterocycles. The van der Waals surface area contributed by atoms with E-state index in [0.717, 1.165) is 5.69 Å². The number of pyridine rings is 1. The van der Waals surface area contributed by atoms with Gasteiger partial charge in [-0.1, -0.05) is 0 Å². The van der Waals surface area contributed by atoms with Crippen molar-refractivity contribution >= 4 is 5.91 Å². The molecule has 0 aromatic carbocycles. The summed E-state index contributed by atoms with van der Waals surface area (Å²) in [6.45, 7) is 2.37. The van der Waals surface area contributed by atoms with E-state index in [4.69, 9.17) is 15.2 Å². The van der Waals surface area contributed by atoms with E-state index in [2.05, 4.69) is 10.3 Å². The number of ether oxygens (including phenoxy) is 2. The number of aromatic nitrogens is 1. The molecule has 1 unspecified atom stereocenters. The number of nitrogens with one attached hydrogen (secondary N) is 1. The Kier molecular flexibility index (Phi) is 5.38. The number of methoxy groups -OCH3 is 2. The van der Waals surface area contributed by atoms with Gasteiger partial charge in [-0.25, -0.2) is 0 Å². The van der Waals surface area contributed by atoms with E-state index in [1.165, 1.54) is 0 Å². The van der Waals surface area contributed by atoms with E-state index in [1.54, 1.807) is 26.5 Å². The number of carbonyl (C=O) groups excluding carboxylic acids is 1. The van der Waals surface area contributed by atoms with Gasteiger partial charge in [-0.15, -0.1) is 0 Å². The maximum Gasteiger partial charge on any atom is 0.218 e. The summed E-state index contributed by atoms with van der Waals surface area (Å²) in [5.74, 6) is 0.895. The minimum Gasteiger partial charge on any atom is -0.493 e. The average molecular weight is 253 g/mol. The highest BCUT2D eigenvalue weighted by atomic mass is 16.5. The van der Waals surface area contributed by atoms with Crippen LogP contribution in [0.2, 0.25) is 0 Å². The van der Waals surface area contributed by atoms with Gasteiger partial charge in [0.15, 0.2) is 11.5 Å². The Bertz CT molecular complexity index is 410. The summed E-state index contributed by atoms with van der Waals surface area (Å²) in [6.07, 6.45) is 1.93. The highest BCUT2D eigenvalue weighted by Gasteiger charge is 2.12. The van der Waals surface area contributed by atoms with Crippen molar-refractivity contribution in [2.24, 2.45) is 5.73 Å². The first-order valence-electron chi connectivity index (χ1n) is 5.66. The Morgan fingerprint density at radius 3 is 2.78 bits per heavy atom. The summed E-state index contributed by atoms with van der Waals surface area (Å²) in [5, 5.41) is 3.16.